The average Bonchev–Trinajstić information content (AvgIpc) is 2.62. The van der Waals surface area contributed by atoms with Crippen LogP contribution in [-0.2, 0) is 19.7 Å². The van der Waals surface area contributed by atoms with Gasteiger partial charge in [0.05, 0.1) is 19.6 Å². The molecule has 0 spiro atoms. The zero-order chi connectivity index (χ0) is 19.8. The Bertz CT molecular complexity index is 1100. The van der Waals surface area contributed by atoms with Crippen LogP contribution in [0.4, 0.5) is 0 Å². The van der Waals surface area contributed by atoms with E-state index in [1.54, 1.807) is 24.3 Å². The van der Waals surface area contributed by atoms with Crippen molar-refractivity contribution in [2.45, 2.75) is 33.4 Å². The largest absolute Gasteiger partial charge is 0.219 e. The van der Waals surface area contributed by atoms with Gasteiger partial charge in [0.15, 0.2) is 0 Å². The van der Waals surface area contributed by atoms with E-state index in [0.29, 0.717) is 4.47 Å². The van der Waals surface area contributed by atoms with Crippen molar-refractivity contribution >= 4 is 35.6 Å². The maximum atomic E-state index is 12.9. The lowest BCUT2D eigenvalue weighted by Crippen LogP contribution is -2.06. The number of benzene rings is 3. The maximum absolute atomic E-state index is 12.9. The Morgan fingerprint density at radius 1 is 0.556 bits per heavy atom. The van der Waals surface area contributed by atoms with Gasteiger partial charge in [-0.1, -0.05) is 51.3 Å². The molecule has 0 aliphatic rings. The second-order valence-corrected chi connectivity index (χ2v) is 11.1. The van der Waals surface area contributed by atoms with E-state index in [-0.39, 0.29) is 19.6 Å². The van der Waals surface area contributed by atoms with Gasteiger partial charge in [-0.2, -0.15) is 0 Å². The number of rotatable bonds is 4. The van der Waals surface area contributed by atoms with Crippen molar-refractivity contribution in [1.29, 1.82) is 0 Å². The molecule has 3 rings (SSSR count). The highest BCUT2D eigenvalue weighted by molar-refractivity contribution is 9.10. The number of aryl methyl sites for hydroxylation is 2. The van der Waals surface area contributed by atoms with Gasteiger partial charge >= 0.3 is 0 Å². The first-order valence-corrected chi connectivity index (χ1v) is 11.8. The molecule has 0 atom stereocenters. The standard InChI is InChI=1S/C20H17BrO4S2/c1-14-3-7-17(8-4-14)26(22,23)19-11-16(21)12-20(13-19)27(24,25)18-9-5-15(2)6-10-18/h3-13H,1-2H3. The predicted octanol–water partition coefficient (Wildman–Crippen LogP) is 4.73. The molecule has 0 radical (unpaired) electrons. The molecule has 0 aliphatic heterocycles. The SMILES string of the molecule is Cc1ccc(S(=O)(=O)c2cc(Br)cc(S(=O)(=O)c3ccc(C)cc3)c2)cc1. The summed E-state index contributed by atoms with van der Waals surface area (Å²) in [5.41, 5.74) is 1.87. The normalized spacial score (nSPS) is 12.1. The monoisotopic (exact) mass is 464 g/mol. The summed E-state index contributed by atoms with van der Waals surface area (Å²) < 4.78 is 52.1. The van der Waals surface area contributed by atoms with Crippen molar-refractivity contribution < 1.29 is 16.8 Å². The van der Waals surface area contributed by atoms with Gasteiger partial charge in [-0.3, -0.25) is 0 Å². The number of sulfone groups is 2. The van der Waals surface area contributed by atoms with E-state index in [1.807, 2.05) is 13.8 Å². The number of hydrogen-bond donors (Lipinski definition) is 0. The van der Waals surface area contributed by atoms with Crippen molar-refractivity contribution in [3.63, 3.8) is 0 Å². The van der Waals surface area contributed by atoms with Crippen molar-refractivity contribution in [1.82, 2.24) is 0 Å². The summed E-state index contributed by atoms with van der Waals surface area (Å²) in [5, 5.41) is 0. The van der Waals surface area contributed by atoms with Crippen LogP contribution in [0.3, 0.4) is 0 Å². The Morgan fingerprint density at radius 2 is 0.889 bits per heavy atom. The van der Waals surface area contributed by atoms with Crippen molar-refractivity contribution in [2.24, 2.45) is 0 Å². The van der Waals surface area contributed by atoms with Crippen molar-refractivity contribution in [3.05, 3.63) is 82.3 Å². The minimum absolute atomic E-state index is 0.0774. The van der Waals surface area contributed by atoms with E-state index in [0.717, 1.165) is 11.1 Å². The highest BCUT2D eigenvalue weighted by Crippen LogP contribution is 2.30. The second-order valence-electron chi connectivity index (χ2n) is 6.26. The smallest absolute Gasteiger partial charge is 0.206 e. The highest BCUT2D eigenvalue weighted by Gasteiger charge is 2.24. The fourth-order valence-electron chi connectivity index (χ4n) is 2.55. The fraction of sp³-hybridized carbons (Fsp3) is 0.100. The molecule has 0 saturated heterocycles. The van der Waals surface area contributed by atoms with Gasteiger partial charge in [-0.25, -0.2) is 16.8 Å². The van der Waals surface area contributed by atoms with Crippen LogP contribution in [0.5, 0.6) is 0 Å². The Kier molecular flexibility index (Phi) is 5.29. The topological polar surface area (TPSA) is 68.3 Å². The fourth-order valence-corrected chi connectivity index (χ4v) is 6.09. The van der Waals surface area contributed by atoms with Gasteiger partial charge in [0.25, 0.3) is 0 Å². The molecule has 7 heteroatoms. The van der Waals surface area contributed by atoms with Crippen LogP contribution in [0, 0.1) is 13.8 Å². The molecule has 0 aromatic heterocycles. The maximum Gasteiger partial charge on any atom is 0.206 e. The summed E-state index contributed by atoms with van der Waals surface area (Å²) in [6.07, 6.45) is 0. The lowest BCUT2D eigenvalue weighted by atomic mass is 10.2. The Morgan fingerprint density at radius 3 is 1.22 bits per heavy atom. The van der Waals surface area contributed by atoms with Crippen LogP contribution >= 0.6 is 15.9 Å². The summed E-state index contributed by atoms with van der Waals surface area (Å²) in [7, 11) is -7.69. The van der Waals surface area contributed by atoms with Gasteiger partial charge in [0.2, 0.25) is 19.7 Å². The van der Waals surface area contributed by atoms with E-state index in [9.17, 15) is 16.8 Å². The highest BCUT2D eigenvalue weighted by atomic mass is 79.9. The van der Waals surface area contributed by atoms with E-state index in [4.69, 9.17) is 0 Å². The Balaban J connectivity index is 2.14. The molecule has 0 N–H and O–H groups in total. The molecule has 4 nitrogen and oxygen atoms in total. The first-order valence-electron chi connectivity index (χ1n) is 8.05. The molecule has 0 bridgehead atoms. The van der Waals surface area contributed by atoms with Crippen LogP contribution in [0.2, 0.25) is 0 Å². The quantitative estimate of drug-likeness (QED) is 0.559. The van der Waals surface area contributed by atoms with Gasteiger partial charge in [0, 0.05) is 4.47 Å². The van der Waals surface area contributed by atoms with Crippen molar-refractivity contribution in [2.75, 3.05) is 0 Å². The van der Waals surface area contributed by atoms with Crippen LogP contribution in [0.15, 0.2) is 90.8 Å². The van der Waals surface area contributed by atoms with E-state index in [1.165, 1.54) is 42.5 Å². The average molecular weight is 465 g/mol. The van der Waals surface area contributed by atoms with Crippen LogP contribution < -0.4 is 0 Å². The lowest BCUT2D eigenvalue weighted by Gasteiger charge is -2.10. The Labute approximate surface area is 167 Å². The molecule has 0 aliphatic carbocycles. The molecule has 0 unspecified atom stereocenters. The molecule has 0 amide bonds. The zero-order valence-electron chi connectivity index (χ0n) is 14.7. The molecule has 0 saturated carbocycles. The van der Waals surface area contributed by atoms with Crippen LogP contribution in [0.25, 0.3) is 0 Å². The van der Waals surface area contributed by atoms with Crippen LogP contribution in [0.1, 0.15) is 11.1 Å². The van der Waals surface area contributed by atoms with Gasteiger partial charge in [-0.15, -0.1) is 0 Å². The predicted molar refractivity (Wildman–Crippen MR) is 107 cm³/mol. The molecular weight excluding hydrogens is 448 g/mol. The molecule has 140 valence electrons. The first kappa shape index (κ1) is 19.8. The lowest BCUT2D eigenvalue weighted by molar-refractivity contribution is 0.594. The number of halogens is 1. The minimum Gasteiger partial charge on any atom is -0.219 e. The summed E-state index contributed by atoms with van der Waals surface area (Å²) >= 11 is 3.24. The second kappa shape index (κ2) is 7.22. The third kappa shape index (κ3) is 4.00. The minimum atomic E-state index is -3.84. The van der Waals surface area contributed by atoms with Crippen molar-refractivity contribution in [3.8, 4) is 0 Å². The molecule has 0 fully saturated rings. The molecule has 3 aromatic rings. The Hall–Kier alpha value is -1.96. The zero-order valence-corrected chi connectivity index (χ0v) is 17.9. The number of hydrogen-bond acceptors (Lipinski definition) is 4. The first-order chi connectivity index (χ1) is 12.6. The van der Waals surface area contributed by atoms with Gasteiger partial charge < -0.3 is 0 Å². The molecule has 0 heterocycles. The molecule has 27 heavy (non-hydrogen) atoms. The summed E-state index contributed by atoms with van der Waals surface area (Å²) in [6.45, 7) is 3.73. The van der Waals surface area contributed by atoms with Crippen LogP contribution in [-0.4, -0.2) is 16.8 Å². The summed E-state index contributed by atoms with van der Waals surface area (Å²) in [6, 6.07) is 16.9. The van der Waals surface area contributed by atoms with E-state index >= 15 is 0 Å². The van der Waals surface area contributed by atoms with Gasteiger partial charge in [-0.05, 0) is 56.3 Å². The molecular formula is C20H17BrO4S2. The third-order valence-corrected chi connectivity index (χ3v) is 8.08. The van der Waals surface area contributed by atoms with Gasteiger partial charge in [0.1, 0.15) is 0 Å². The van der Waals surface area contributed by atoms with E-state index in [2.05, 4.69) is 15.9 Å². The molecule has 3 aromatic carbocycles. The van der Waals surface area contributed by atoms with E-state index < -0.39 is 19.7 Å². The summed E-state index contributed by atoms with van der Waals surface area (Å²) in [4.78, 5) is 0.0765. The summed E-state index contributed by atoms with van der Waals surface area (Å²) in [5.74, 6) is 0. The third-order valence-electron chi connectivity index (χ3n) is 4.13.